The first-order valence-electron chi connectivity index (χ1n) is 7.52. The van der Waals surface area contributed by atoms with Gasteiger partial charge in [-0.1, -0.05) is 36.2 Å². The largest absolute Gasteiger partial charge is 0.481 e. The summed E-state index contributed by atoms with van der Waals surface area (Å²) in [4.78, 5) is 11.0. The van der Waals surface area contributed by atoms with E-state index in [-0.39, 0.29) is 22.1 Å². The topological polar surface area (TPSA) is 83.5 Å². The molecule has 0 aliphatic carbocycles. The molecular formula is C17H17Cl2NO4S. The van der Waals surface area contributed by atoms with Crippen molar-refractivity contribution in [2.75, 3.05) is 11.1 Å². The van der Waals surface area contributed by atoms with E-state index in [1.165, 1.54) is 12.1 Å². The van der Waals surface area contributed by atoms with E-state index in [4.69, 9.17) is 28.3 Å². The first kappa shape index (κ1) is 19.6. The number of nitrogens with one attached hydrogen (secondary N) is 1. The second-order valence-corrected chi connectivity index (χ2v) is 8.49. The van der Waals surface area contributed by atoms with Gasteiger partial charge in [-0.25, -0.2) is 8.42 Å². The lowest BCUT2D eigenvalue weighted by Crippen LogP contribution is -2.04. The molecule has 0 unspecified atom stereocenters. The number of carboxylic acids is 1. The molecule has 8 heteroatoms. The second-order valence-electron chi connectivity index (χ2n) is 5.37. The monoisotopic (exact) mass is 401 g/mol. The zero-order chi connectivity index (χ0) is 18.6. The van der Waals surface area contributed by atoms with Crippen LogP contribution in [0.5, 0.6) is 0 Å². The number of sulfone groups is 1. The highest BCUT2D eigenvalue weighted by molar-refractivity contribution is 7.91. The van der Waals surface area contributed by atoms with Crippen molar-refractivity contribution in [2.24, 2.45) is 0 Å². The number of hydrogen-bond acceptors (Lipinski definition) is 4. The van der Waals surface area contributed by atoms with Crippen molar-refractivity contribution in [1.29, 1.82) is 0 Å². The van der Waals surface area contributed by atoms with Crippen LogP contribution >= 0.6 is 23.2 Å². The zero-order valence-electron chi connectivity index (χ0n) is 13.4. The van der Waals surface area contributed by atoms with Gasteiger partial charge in [0.1, 0.15) is 0 Å². The Balaban J connectivity index is 2.33. The zero-order valence-corrected chi connectivity index (χ0v) is 15.7. The van der Waals surface area contributed by atoms with Gasteiger partial charge in [-0.15, -0.1) is 0 Å². The molecule has 0 aliphatic heterocycles. The molecule has 5 nitrogen and oxygen atoms in total. The van der Waals surface area contributed by atoms with Gasteiger partial charge in [0, 0.05) is 17.1 Å². The molecule has 0 heterocycles. The highest BCUT2D eigenvalue weighted by Gasteiger charge is 2.14. The molecule has 0 bridgehead atoms. The van der Waals surface area contributed by atoms with E-state index in [0.717, 1.165) is 5.56 Å². The predicted molar refractivity (Wildman–Crippen MR) is 99.9 cm³/mol. The molecular weight excluding hydrogens is 385 g/mol. The van der Waals surface area contributed by atoms with Crippen LogP contribution in [-0.4, -0.2) is 25.2 Å². The summed E-state index contributed by atoms with van der Waals surface area (Å²) in [5, 5.41) is 12.7. The van der Waals surface area contributed by atoms with E-state index < -0.39 is 15.8 Å². The summed E-state index contributed by atoms with van der Waals surface area (Å²) in [6, 6.07) is 9.55. The molecule has 2 aromatic carbocycles. The third kappa shape index (κ3) is 5.11. The molecule has 0 saturated heterocycles. The molecule has 0 radical (unpaired) electrons. The minimum atomic E-state index is -3.34. The normalized spacial score (nSPS) is 11.3. The molecule has 0 atom stereocenters. The highest BCUT2D eigenvalue weighted by atomic mass is 35.5. The Morgan fingerprint density at radius 3 is 2.44 bits per heavy atom. The van der Waals surface area contributed by atoms with Gasteiger partial charge in [0.25, 0.3) is 0 Å². The van der Waals surface area contributed by atoms with Crippen molar-refractivity contribution >= 4 is 50.4 Å². The van der Waals surface area contributed by atoms with Crippen LogP contribution in [0.4, 0.5) is 11.4 Å². The van der Waals surface area contributed by atoms with Gasteiger partial charge in [-0.2, -0.15) is 0 Å². The van der Waals surface area contributed by atoms with Gasteiger partial charge in [-0.05, 0) is 42.3 Å². The van der Waals surface area contributed by atoms with Gasteiger partial charge >= 0.3 is 5.97 Å². The van der Waals surface area contributed by atoms with Crippen LogP contribution in [0.25, 0.3) is 0 Å². The fraction of sp³-hybridized carbons (Fsp3) is 0.235. The summed E-state index contributed by atoms with van der Waals surface area (Å²) in [7, 11) is -3.34. The Labute approximate surface area is 156 Å². The van der Waals surface area contributed by atoms with Crippen LogP contribution in [0.2, 0.25) is 10.0 Å². The first-order valence-corrected chi connectivity index (χ1v) is 9.93. The summed E-state index contributed by atoms with van der Waals surface area (Å²) < 4.78 is 23.8. The number of aliphatic carboxylic acids is 1. The Bertz CT molecular complexity index is 898. The van der Waals surface area contributed by atoms with Crippen LogP contribution < -0.4 is 5.32 Å². The lowest BCUT2D eigenvalue weighted by atomic mass is 10.1. The van der Waals surface area contributed by atoms with Gasteiger partial charge in [-0.3, -0.25) is 4.79 Å². The predicted octanol–water partition coefficient (Wildman–Crippen LogP) is 4.55. The molecule has 25 heavy (non-hydrogen) atoms. The lowest BCUT2D eigenvalue weighted by Gasteiger charge is -2.14. The molecule has 0 fully saturated rings. The Kier molecular flexibility index (Phi) is 6.32. The summed E-state index contributed by atoms with van der Waals surface area (Å²) in [5.41, 5.74) is 1.91. The van der Waals surface area contributed by atoms with E-state index in [9.17, 15) is 13.2 Å². The highest BCUT2D eigenvalue weighted by Crippen LogP contribution is 2.31. The number of benzene rings is 2. The Hall–Kier alpha value is -1.76. The molecule has 0 amide bonds. The number of carboxylic acid groups (broad SMARTS) is 1. The van der Waals surface area contributed by atoms with E-state index in [2.05, 4.69) is 5.32 Å². The Morgan fingerprint density at radius 1 is 1.12 bits per heavy atom. The lowest BCUT2D eigenvalue weighted by molar-refractivity contribution is -0.136. The smallest absolute Gasteiger partial charge is 0.303 e. The first-order chi connectivity index (χ1) is 11.7. The molecule has 2 rings (SSSR count). The number of hydrogen-bond donors (Lipinski definition) is 2. The van der Waals surface area contributed by atoms with Crippen LogP contribution in [-0.2, 0) is 21.1 Å². The van der Waals surface area contributed by atoms with Crippen molar-refractivity contribution in [3.63, 3.8) is 0 Å². The number of halogens is 2. The average molecular weight is 402 g/mol. The maximum Gasteiger partial charge on any atom is 0.303 e. The molecule has 2 aromatic rings. The SMILES string of the molecule is CCS(=O)(=O)c1ccc(Nc2cc(Cl)ccc2CCC(=O)O)c(Cl)c1. The van der Waals surface area contributed by atoms with Crippen molar-refractivity contribution in [1.82, 2.24) is 0 Å². The van der Waals surface area contributed by atoms with Crippen molar-refractivity contribution in [3.8, 4) is 0 Å². The summed E-state index contributed by atoms with van der Waals surface area (Å²) in [6.07, 6.45) is 0.312. The van der Waals surface area contributed by atoms with Crippen molar-refractivity contribution in [3.05, 3.63) is 52.0 Å². The summed E-state index contributed by atoms with van der Waals surface area (Å²) in [6.45, 7) is 1.57. The summed E-state index contributed by atoms with van der Waals surface area (Å²) in [5.74, 6) is -0.906. The minimum absolute atomic E-state index is 0.0102. The Morgan fingerprint density at radius 2 is 1.84 bits per heavy atom. The van der Waals surface area contributed by atoms with Crippen LogP contribution in [0.15, 0.2) is 41.3 Å². The van der Waals surface area contributed by atoms with Crippen molar-refractivity contribution < 1.29 is 18.3 Å². The minimum Gasteiger partial charge on any atom is -0.481 e. The maximum absolute atomic E-state index is 11.9. The quantitative estimate of drug-likeness (QED) is 0.710. The number of anilines is 2. The number of carbonyl (C=O) groups is 1. The molecule has 134 valence electrons. The third-order valence-electron chi connectivity index (χ3n) is 3.63. The molecule has 0 aliphatic rings. The van der Waals surface area contributed by atoms with E-state index in [0.29, 0.717) is 22.8 Å². The maximum atomic E-state index is 11.9. The number of aryl methyl sites for hydroxylation is 1. The molecule has 2 N–H and O–H groups in total. The van der Waals surface area contributed by atoms with Crippen LogP contribution in [0.3, 0.4) is 0 Å². The standard InChI is InChI=1S/C17H17Cl2NO4S/c1-2-25(23,24)13-6-7-15(14(19)10-13)20-16-9-12(18)5-3-11(16)4-8-17(21)22/h3,5-7,9-10,20H,2,4,8H2,1H3,(H,21,22). The van der Waals surface area contributed by atoms with Gasteiger partial charge in [0.05, 0.1) is 21.4 Å². The summed E-state index contributed by atoms with van der Waals surface area (Å²) >= 11 is 12.2. The van der Waals surface area contributed by atoms with Gasteiger partial charge in [0.2, 0.25) is 0 Å². The molecule has 0 aromatic heterocycles. The molecule has 0 spiro atoms. The van der Waals surface area contributed by atoms with E-state index in [1.807, 2.05) is 0 Å². The van der Waals surface area contributed by atoms with E-state index >= 15 is 0 Å². The van der Waals surface area contributed by atoms with Crippen LogP contribution in [0.1, 0.15) is 18.9 Å². The average Bonchev–Trinajstić information content (AvgIpc) is 2.55. The van der Waals surface area contributed by atoms with Gasteiger partial charge in [0.15, 0.2) is 9.84 Å². The van der Waals surface area contributed by atoms with Crippen LogP contribution in [0, 0.1) is 0 Å². The van der Waals surface area contributed by atoms with Crippen molar-refractivity contribution in [2.45, 2.75) is 24.7 Å². The van der Waals surface area contributed by atoms with E-state index in [1.54, 1.807) is 31.2 Å². The third-order valence-corrected chi connectivity index (χ3v) is 5.91. The second kappa shape index (κ2) is 8.08. The molecule has 0 saturated carbocycles. The fourth-order valence-corrected chi connectivity index (χ4v) is 3.60. The van der Waals surface area contributed by atoms with Gasteiger partial charge < -0.3 is 10.4 Å². The number of rotatable bonds is 7. The fourth-order valence-electron chi connectivity index (χ4n) is 2.23.